The van der Waals surface area contributed by atoms with Gasteiger partial charge >= 0.3 is 0 Å². The molecule has 0 radical (unpaired) electrons. The van der Waals surface area contributed by atoms with Crippen molar-refractivity contribution in [3.63, 3.8) is 0 Å². The Morgan fingerprint density at radius 2 is 2.19 bits per heavy atom. The van der Waals surface area contributed by atoms with Crippen LogP contribution in [0.1, 0.15) is 49.7 Å². The van der Waals surface area contributed by atoms with Gasteiger partial charge in [-0.3, -0.25) is 4.79 Å². The fourth-order valence-electron chi connectivity index (χ4n) is 4.06. The van der Waals surface area contributed by atoms with Gasteiger partial charge in [0.05, 0.1) is 0 Å². The first-order valence-electron chi connectivity index (χ1n) is 8.26. The van der Waals surface area contributed by atoms with Crippen LogP contribution in [0.2, 0.25) is 0 Å². The second-order valence-electron chi connectivity index (χ2n) is 6.72. The van der Waals surface area contributed by atoms with E-state index in [2.05, 4.69) is 36.1 Å². The van der Waals surface area contributed by atoms with Crippen molar-refractivity contribution < 1.29 is 4.79 Å². The molecule has 1 fully saturated rings. The molecular weight excluding hydrogens is 260 g/mol. The standard InChI is InChI=1S/C18H26N2O/c1-13-9-14(11-19)12-20(13)18(21)10-16-7-4-6-15-5-2-3-8-17(15)16/h2-3,5,8,13-14,16H,4,6-7,9-12,19H2,1H3. The molecule has 1 aliphatic carbocycles. The molecule has 1 heterocycles. The maximum Gasteiger partial charge on any atom is 0.223 e. The Hall–Kier alpha value is -1.35. The van der Waals surface area contributed by atoms with Crippen LogP contribution < -0.4 is 5.73 Å². The van der Waals surface area contributed by atoms with Gasteiger partial charge < -0.3 is 10.6 Å². The Morgan fingerprint density at radius 1 is 1.38 bits per heavy atom. The van der Waals surface area contributed by atoms with E-state index in [9.17, 15) is 4.79 Å². The average molecular weight is 286 g/mol. The number of likely N-dealkylation sites (tertiary alicyclic amines) is 1. The Bertz CT molecular complexity index is 514. The highest BCUT2D eigenvalue weighted by atomic mass is 16.2. The molecule has 3 atom stereocenters. The molecule has 3 nitrogen and oxygen atoms in total. The van der Waals surface area contributed by atoms with Crippen molar-refractivity contribution in [2.45, 2.75) is 51.0 Å². The summed E-state index contributed by atoms with van der Waals surface area (Å²) in [4.78, 5) is 14.7. The van der Waals surface area contributed by atoms with Gasteiger partial charge in [-0.15, -0.1) is 0 Å². The van der Waals surface area contributed by atoms with Gasteiger partial charge in [-0.25, -0.2) is 0 Å². The Balaban J connectivity index is 1.69. The van der Waals surface area contributed by atoms with Crippen LogP contribution in [-0.4, -0.2) is 29.9 Å². The number of nitrogens with two attached hydrogens (primary N) is 1. The Labute approximate surface area is 127 Å². The fourth-order valence-corrected chi connectivity index (χ4v) is 4.06. The van der Waals surface area contributed by atoms with Gasteiger partial charge in [0.1, 0.15) is 0 Å². The van der Waals surface area contributed by atoms with E-state index in [1.165, 1.54) is 17.5 Å². The number of nitrogens with zero attached hydrogens (tertiary/aromatic N) is 1. The van der Waals surface area contributed by atoms with Crippen molar-refractivity contribution in [2.24, 2.45) is 11.7 Å². The molecule has 3 rings (SSSR count). The van der Waals surface area contributed by atoms with Gasteiger partial charge in [0.15, 0.2) is 0 Å². The van der Waals surface area contributed by atoms with Crippen molar-refractivity contribution in [1.29, 1.82) is 0 Å². The van der Waals surface area contributed by atoms with Crippen LogP contribution in [0, 0.1) is 5.92 Å². The lowest BCUT2D eigenvalue weighted by molar-refractivity contribution is -0.132. The summed E-state index contributed by atoms with van der Waals surface area (Å²) < 4.78 is 0. The maximum absolute atomic E-state index is 12.7. The predicted molar refractivity (Wildman–Crippen MR) is 85.1 cm³/mol. The minimum absolute atomic E-state index is 0.320. The lowest BCUT2D eigenvalue weighted by atomic mass is 9.81. The normalized spacial score (nSPS) is 28.5. The van der Waals surface area contributed by atoms with Crippen LogP contribution in [0.15, 0.2) is 24.3 Å². The zero-order valence-electron chi connectivity index (χ0n) is 12.9. The smallest absolute Gasteiger partial charge is 0.223 e. The third-order valence-electron chi connectivity index (χ3n) is 5.23. The number of amides is 1. The average Bonchev–Trinajstić information content (AvgIpc) is 2.89. The molecule has 1 amide bonds. The lowest BCUT2D eigenvalue weighted by Gasteiger charge is -2.28. The number of fused-ring (bicyclic) bond motifs is 1. The first kappa shape index (κ1) is 14.6. The molecule has 1 saturated heterocycles. The zero-order chi connectivity index (χ0) is 14.8. The van der Waals surface area contributed by atoms with E-state index in [-0.39, 0.29) is 0 Å². The molecule has 1 aromatic rings. The summed E-state index contributed by atoms with van der Waals surface area (Å²) in [5, 5.41) is 0. The van der Waals surface area contributed by atoms with Gasteiger partial charge in [-0.05, 0) is 62.1 Å². The van der Waals surface area contributed by atoms with E-state index in [1.807, 2.05) is 0 Å². The number of hydrogen-bond donors (Lipinski definition) is 1. The quantitative estimate of drug-likeness (QED) is 0.928. The summed E-state index contributed by atoms with van der Waals surface area (Å²) in [6.07, 6.45) is 5.24. The summed E-state index contributed by atoms with van der Waals surface area (Å²) in [5.41, 5.74) is 8.61. The first-order chi connectivity index (χ1) is 10.2. The van der Waals surface area contributed by atoms with Crippen LogP contribution in [0.3, 0.4) is 0 Å². The first-order valence-corrected chi connectivity index (χ1v) is 8.26. The number of carbonyl (C=O) groups excluding carboxylic acids is 1. The van der Waals surface area contributed by atoms with E-state index < -0.39 is 0 Å². The molecular formula is C18H26N2O. The molecule has 1 aromatic carbocycles. The van der Waals surface area contributed by atoms with E-state index in [0.29, 0.717) is 36.8 Å². The molecule has 3 unspecified atom stereocenters. The van der Waals surface area contributed by atoms with Crippen molar-refractivity contribution in [1.82, 2.24) is 4.90 Å². The maximum atomic E-state index is 12.7. The van der Waals surface area contributed by atoms with Gasteiger partial charge in [-0.2, -0.15) is 0 Å². The van der Waals surface area contributed by atoms with Gasteiger partial charge in [-0.1, -0.05) is 24.3 Å². The largest absolute Gasteiger partial charge is 0.340 e. The molecule has 1 aliphatic heterocycles. The second-order valence-corrected chi connectivity index (χ2v) is 6.72. The van der Waals surface area contributed by atoms with E-state index >= 15 is 0 Å². The molecule has 2 N–H and O–H groups in total. The van der Waals surface area contributed by atoms with Crippen molar-refractivity contribution in [3.8, 4) is 0 Å². The third kappa shape index (κ3) is 2.98. The van der Waals surface area contributed by atoms with E-state index in [0.717, 1.165) is 25.8 Å². The number of aryl methyl sites for hydroxylation is 1. The second kappa shape index (κ2) is 6.18. The predicted octanol–water partition coefficient (Wildman–Crippen LogP) is 2.69. The molecule has 0 aromatic heterocycles. The fraction of sp³-hybridized carbons (Fsp3) is 0.611. The number of rotatable bonds is 3. The van der Waals surface area contributed by atoms with Crippen LogP contribution in [0.5, 0.6) is 0 Å². The molecule has 3 heteroatoms. The molecule has 2 aliphatic rings. The molecule has 0 bridgehead atoms. The van der Waals surface area contributed by atoms with Gasteiger partial charge in [0, 0.05) is 19.0 Å². The lowest BCUT2D eigenvalue weighted by Crippen LogP contribution is -2.35. The number of hydrogen-bond acceptors (Lipinski definition) is 2. The van der Waals surface area contributed by atoms with Crippen molar-refractivity contribution in [2.75, 3.05) is 13.1 Å². The van der Waals surface area contributed by atoms with E-state index in [1.54, 1.807) is 0 Å². The summed E-state index contributed by atoms with van der Waals surface area (Å²) in [5.74, 6) is 1.22. The summed E-state index contributed by atoms with van der Waals surface area (Å²) in [6, 6.07) is 8.99. The molecule has 114 valence electrons. The van der Waals surface area contributed by atoms with E-state index in [4.69, 9.17) is 5.73 Å². The van der Waals surface area contributed by atoms with Gasteiger partial charge in [0.25, 0.3) is 0 Å². The van der Waals surface area contributed by atoms with Crippen LogP contribution in [0.25, 0.3) is 0 Å². The molecule has 0 spiro atoms. The van der Waals surface area contributed by atoms with Crippen molar-refractivity contribution >= 4 is 5.91 Å². The minimum atomic E-state index is 0.320. The van der Waals surface area contributed by atoms with Gasteiger partial charge in [0.2, 0.25) is 5.91 Å². The monoisotopic (exact) mass is 286 g/mol. The Kier molecular flexibility index (Phi) is 4.29. The Morgan fingerprint density at radius 3 is 2.95 bits per heavy atom. The summed E-state index contributed by atoms with van der Waals surface area (Å²) >= 11 is 0. The number of carbonyl (C=O) groups is 1. The highest BCUT2D eigenvalue weighted by Crippen LogP contribution is 2.35. The molecule has 0 saturated carbocycles. The summed E-state index contributed by atoms with van der Waals surface area (Å²) in [7, 11) is 0. The topological polar surface area (TPSA) is 46.3 Å². The third-order valence-corrected chi connectivity index (χ3v) is 5.23. The highest BCUT2D eigenvalue weighted by Gasteiger charge is 2.33. The molecule has 21 heavy (non-hydrogen) atoms. The minimum Gasteiger partial charge on any atom is -0.340 e. The number of benzene rings is 1. The van der Waals surface area contributed by atoms with Crippen LogP contribution in [-0.2, 0) is 11.2 Å². The van der Waals surface area contributed by atoms with Crippen LogP contribution in [0.4, 0.5) is 0 Å². The summed E-state index contributed by atoms with van der Waals surface area (Å²) in [6.45, 7) is 3.70. The zero-order valence-corrected chi connectivity index (χ0v) is 12.9. The highest BCUT2D eigenvalue weighted by molar-refractivity contribution is 5.78. The SMILES string of the molecule is CC1CC(CN)CN1C(=O)CC1CCCc2ccccc21. The van der Waals surface area contributed by atoms with Crippen molar-refractivity contribution in [3.05, 3.63) is 35.4 Å². The van der Waals surface area contributed by atoms with Crippen LogP contribution >= 0.6 is 0 Å².